The molecule has 0 saturated heterocycles. The summed E-state index contributed by atoms with van der Waals surface area (Å²) in [6.07, 6.45) is 0. The second-order valence-electron chi connectivity index (χ2n) is 6.68. The number of aliphatic imine (C=N–C) groups is 2. The number of ether oxygens (including phenoxy) is 1. The molecule has 8 heteroatoms. The SMILES string of the molecule is COC(=O)[C@]1(C)CSC(c2csc([C@@]3(C)CSC(C(C)C)=N3)n2)=N1. The molecule has 0 aromatic carbocycles. The molecule has 3 heterocycles. The van der Waals surface area contributed by atoms with Gasteiger partial charge in [0.2, 0.25) is 0 Å². The number of hydrogen-bond donors (Lipinski definition) is 0. The van der Waals surface area contributed by atoms with E-state index in [4.69, 9.17) is 14.7 Å². The third-order valence-electron chi connectivity index (χ3n) is 4.00. The van der Waals surface area contributed by atoms with Crippen LogP contribution in [0.5, 0.6) is 0 Å². The number of aromatic nitrogens is 1. The number of thioether (sulfide) groups is 2. The molecule has 0 N–H and O–H groups in total. The zero-order valence-electron chi connectivity index (χ0n) is 14.5. The van der Waals surface area contributed by atoms with Gasteiger partial charge in [-0.15, -0.1) is 34.9 Å². The van der Waals surface area contributed by atoms with E-state index in [0.717, 1.165) is 21.5 Å². The van der Waals surface area contributed by atoms with Crippen LogP contribution in [0.2, 0.25) is 0 Å². The third-order valence-corrected chi connectivity index (χ3v) is 7.94. The monoisotopic (exact) mass is 383 g/mol. The summed E-state index contributed by atoms with van der Waals surface area (Å²) < 4.78 is 4.86. The topological polar surface area (TPSA) is 63.9 Å². The van der Waals surface area contributed by atoms with E-state index in [-0.39, 0.29) is 11.5 Å². The lowest BCUT2D eigenvalue weighted by Gasteiger charge is -2.16. The van der Waals surface area contributed by atoms with Crippen LogP contribution < -0.4 is 0 Å². The van der Waals surface area contributed by atoms with Crippen molar-refractivity contribution < 1.29 is 9.53 Å². The van der Waals surface area contributed by atoms with Crippen LogP contribution in [0.15, 0.2) is 15.4 Å². The molecule has 0 amide bonds. The average molecular weight is 384 g/mol. The van der Waals surface area contributed by atoms with Crippen LogP contribution in [0, 0.1) is 5.92 Å². The zero-order chi connectivity index (χ0) is 17.5. The van der Waals surface area contributed by atoms with E-state index in [1.807, 2.05) is 17.1 Å². The van der Waals surface area contributed by atoms with Gasteiger partial charge in [0.25, 0.3) is 0 Å². The van der Waals surface area contributed by atoms with E-state index < -0.39 is 5.54 Å². The van der Waals surface area contributed by atoms with Crippen molar-refractivity contribution in [3.05, 3.63) is 16.1 Å². The normalized spacial score (nSPS) is 29.8. The molecule has 1 aromatic heterocycles. The Morgan fingerprint density at radius 3 is 2.62 bits per heavy atom. The summed E-state index contributed by atoms with van der Waals surface area (Å²) in [7, 11) is 1.40. The van der Waals surface area contributed by atoms with Crippen molar-refractivity contribution in [3.63, 3.8) is 0 Å². The van der Waals surface area contributed by atoms with Gasteiger partial charge in [-0.05, 0) is 13.8 Å². The van der Waals surface area contributed by atoms with Crippen molar-refractivity contribution in [2.45, 2.75) is 38.8 Å². The third kappa shape index (κ3) is 3.15. The highest BCUT2D eigenvalue weighted by Crippen LogP contribution is 2.40. The van der Waals surface area contributed by atoms with Gasteiger partial charge in [0.15, 0.2) is 5.54 Å². The smallest absolute Gasteiger partial charge is 0.334 e. The van der Waals surface area contributed by atoms with Crippen LogP contribution in [0.25, 0.3) is 0 Å². The Kier molecular flexibility index (Phi) is 4.83. The molecule has 2 aliphatic rings. The van der Waals surface area contributed by atoms with E-state index >= 15 is 0 Å². The van der Waals surface area contributed by atoms with Crippen molar-refractivity contribution in [2.24, 2.45) is 15.9 Å². The minimum Gasteiger partial charge on any atom is -0.467 e. The number of methoxy groups -OCH3 is 1. The number of carbonyl (C=O) groups excluding carboxylic acids is 1. The second kappa shape index (κ2) is 6.46. The zero-order valence-corrected chi connectivity index (χ0v) is 16.9. The lowest BCUT2D eigenvalue weighted by molar-refractivity contribution is -0.145. The Morgan fingerprint density at radius 2 is 2.00 bits per heavy atom. The summed E-state index contributed by atoms with van der Waals surface area (Å²) in [6.45, 7) is 8.28. The van der Waals surface area contributed by atoms with Gasteiger partial charge in [0.05, 0.1) is 12.2 Å². The van der Waals surface area contributed by atoms with Gasteiger partial charge in [0.1, 0.15) is 21.3 Å². The summed E-state index contributed by atoms with van der Waals surface area (Å²) in [4.78, 5) is 26.2. The second-order valence-corrected chi connectivity index (χ2v) is 9.49. The van der Waals surface area contributed by atoms with Gasteiger partial charge in [-0.2, -0.15) is 0 Å². The predicted molar refractivity (Wildman–Crippen MR) is 104 cm³/mol. The van der Waals surface area contributed by atoms with Crippen LogP contribution in [-0.4, -0.2) is 45.2 Å². The molecule has 0 radical (unpaired) electrons. The van der Waals surface area contributed by atoms with Crippen LogP contribution in [0.4, 0.5) is 0 Å². The van der Waals surface area contributed by atoms with Crippen LogP contribution >= 0.6 is 34.9 Å². The first kappa shape index (κ1) is 17.9. The van der Waals surface area contributed by atoms with Gasteiger partial charge in [-0.1, -0.05) is 13.8 Å². The highest BCUT2D eigenvalue weighted by molar-refractivity contribution is 8.14. The summed E-state index contributed by atoms with van der Waals surface area (Å²) >= 11 is 5.00. The Morgan fingerprint density at radius 1 is 1.25 bits per heavy atom. The number of carbonyl (C=O) groups is 1. The fourth-order valence-corrected chi connectivity index (χ4v) is 5.92. The lowest BCUT2D eigenvalue weighted by atomic mass is 10.1. The number of esters is 1. The molecule has 5 nitrogen and oxygen atoms in total. The fourth-order valence-electron chi connectivity index (χ4n) is 2.50. The molecule has 1 aromatic rings. The molecule has 2 atom stereocenters. The highest BCUT2D eigenvalue weighted by Gasteiger charge is 2.41. The molecule has 0 unspecified atom stereocenters. The molecule has 2 aliphatic heterocycles. The predicted octanol–water partition coefficient (Wildman–Crippen LogP) is 3.58. The van der Waals surface area contributed by atoms with E-state index in [1.165, 1.54) is 12.2 Å². The van der Waals surface area contributed by atoms with Crippen molar-refractivity contribution in [1.82, 2.24) is 4.98 Å². The molecular weight excluding hydrogens is 362 g/mol. The molecule has 0 bridgehead atoms. The maximum Gasteiger partial charge on any atom is 0.334 e. The maximum absolute atomic E-state index is 11.9. The first-order chi connectivity index (χ1) is 11.3. The first-order valence-corrected chi connectivity index (χ1v) is 10.6. The standard InChI is InChI=1S/C16H21N3O2S3/c1-9(2)11-18-15(3,7-23-11)13-17-10(6-22-13)12-19-16(4,8-24-12)14(20)21-5/h6,9H,7-8H2,1-5H3/t15-,16+/m1/s1. The van der Waals surface area contributed by atoms with E-state index in [2.05, 4.69) is 25.8 Å². The molecule has 130 valence electrons. The number of rotatable bonds is 4. The Bertz CT molecular complexity index is 728. The van der Waals surface area contributed by atoms with Crippen LogP contribution in [-0.2, 0) is 15.1 Å². The summed E-state index contributed by atoms with van der Waals surface area (Å²) in [5.74, 6) is 1.66. The molecule has 3 rings (SSSR count). The summed E-state index contributed by atoms with van der Waals surface area (Å²) in [5.41, 5.74) is -0.232. The van der Waals surface area contributed by atoms with Crippen molar-refractivity contribution in [2.75, 3.05) is 18.6 Å². The van der Waals surface area contributed by atoms with Gasteiger partial charge < -0.3 is 4.74 Å². The first-order valence-electron chi connectivity index (χ1n) is 7.77. The number of hydrogen-bond acceptors (Lipinski definition) is 8. The summed E-state index contributed by atoms with van der Waals surface area (Å²) in [5, 5.41) is 5.03. The maximum atomic E-state index is 11.9. The molecule has 24 heavy (non-hydrogen) atoms. The van der Waals surface area contributed by atoms with E-state index in [0.29, 0.717) is 11.7 Å². The number of nitrogens with zero attached hydrogens (tertiary/aromatic N) is 3. The highest BCUT2D eigenvalue weighted by atomic mass is 32.2. The molecular formula is C16H21N3O2S3. The molecule has 0 aliphatic carbocycles. The van der Waals surface area contributed by atoms with Gasteiger partial charge >= 0.3 is 5.97 Å². The van der Waals surface area contributed by atoms with Gasteiger partial charge in [-0.3, -0.25) is 9.98 Å². The minimum atomic E-state index is -0.811. The largest absolute Gasteiger partial charge is 0.467 e. The Balaban J connectivity index is 1.85. The van der Waals surface area contributed by atoms with Crippen molar-refractivity contribution in [1.29, 1.82) is 0 Å². The molecule has 0 saturated carbocycles. The fraction of sp³-hybridized carbons (Fsp3) is 0.625. The van der Waals surface area contributed by atoms with Crippen LogP contribution in [0.1, 0.15) is 38.4 Å². The molecule has 0 fully saturated rings. The quantitative estimate of drug-likeness (QED) is 0.744. The average Bonchev–Trinajstić information content (AvgIpc) is 3.25. The lowest BCUT2D eigenvalue weighted by Crippen LogP contribution is -2.34. The Hall–Kier alpha value is -0.860. The van der Waals surface area contributed by atoms with Crippen molar-refractivity contribution >= 4 is 50.9 Å². The minimum absolute atomic E-state index is 0.261. The molecule has 0 spiro atoms. The van der Waals surface area contributed by atoms with Gasteiger partial charge in [-0.25, -0.2) is 9.78 Å². The summed E-state index contributed by atoms with van der Waals surface area (Å²) in [6, 6.07) is 0. The Labute approximate surface area is 154 Å². The van der Waals surface area contributed by atoms with Gasteiger partial charge in [0, 0.05) is 22.8 Å². The van der Waals surface area contributed by atoms with E-state index in [9.17, 15) is 4.79 Å². The van der Waals surface area contributed by atoms with Crippen molar-refractivity contribution in [3.8, 4) is 0 Å². The number of thiazole rings is 1. The van der Waals surface area contributed by atoms with E-state index in [1.54, 1.807) is 30.0 Å². The van der Waals surface area contributed by atoms with Crippen LogP contribution in [0.3, 0.4) is 0 Å².